The van der Waals surface area contributed by atoms with Crippen LogP contribution in [0.3, 0.4) is 0 Å². The SMILES string of the molecule is CN1CCCC(c2ccc(Br)cc2)C1. The van der Waals surface area contributed by atoms with E-state index in [9.17, 15) is 0 Å². The minimum Gasteiger partial charge on any atom is -0.306 e. The summed E-state index contributed by atoms with van der Waals surface area (Å²) >= 11 is 3.47. The number of likely N-dealkylation sites (tertiary alicyclic amines) is 1. The van der Waals surface area contributed by atoms with Crippen LogP contribution in [0.5, 0.6) is 0 Å². The molecule has 0 aromatic heterocycles. The fraction of sp³-hybridized carbons (Fsp3) is 0.500. The van der Waals surface area contributed by atoms with Crippen LogP contribution in [0.1, 0.15) is 24.3 Å². The Morgan fingerprint density at radius 2 is 2.00 bits per heavy atom. The molecule has 1 aliphatic heterocycles. The minimum atomic E-state index is 0.738. The molecule has 2 heteroatoms. The van der Waals surface area contributed by atoms with Gasteiger partial charge in [-0.05, 0) is 50.0 Å². The lowest BCUT2D eigenvalue weighted by atomic mass is 9.91. The highest BCUT2D eigenvalue weighted by molar-refractivity contribution is 9.10. The summed E-state index contributed by atoms with van der Waals surface area (Å²) in [5.41, 5.74) is 1.49. The zero-order valence-corrected chi connectivity index (χ0v) is 10.1. The molecule has 0 amide bonds. The van der Waals surface area contributed by atoms with Gasteiger partial charge in [0.05, 0.1) is 0 Å². The van der Waals surface area contributed by atoms with E-state index >= 15 is 0 Å². The summed E-state index contributed by atoms with van der Waals surface area (Å²) in [6, 6.07) is 8.77. The molecule has 1 fully saturated rings. The molecule has 1 atom stereocenters. The molecule has 2 rings (SSSR count). The van der Waals surface area contributed by atoms with E-state index in [-0.39, 0.29) is 0 Å². The van der Waals surface area contributed by atoms with Gasteiger partial charge in [0.25, 0.3) is 0 Å². The Bertz CT molecular complexity index is 294. The van der Waals surface area contributed by atoms with Crippen LogP contribution in [0.2, 0.25) is 0 Å². The molecule has 1 aliphatic rings. The average molecular weight is 254 g/mol. The van der Waals surface area contributed by atoms with Crippen molar-refractivity contribution >= 4 is 15.9 Å². The Labute approximate surface area is 94.2 Å². The van der Waals surface area contributed by atoms with Crippen LogP contribution in [-0.2, 0) is 0 Å². The second-order valence-corrected chi connectivity index (χ2v) is 5.07. The summed E-state index contributed by atoms with van der Waals surface area (Å²) in [6.45, 7) is 2.47. The number of piperidine rings is 1. The first-order chi connectivity index (χ1) is 6.75. The molecule has 0 radical (unpaired) electrons. The number of likely N-dealkylation sites (N-methyl/N-ethyl adjacent to an activating group) is 1. The van der Waals surface area contributed by atoms with Crippen LogP contribution in [0, 0.1) is 0 Å². The monoisotopic (exact) mass is 253 g/mol. The van der Waals surface area contributed by atoms with E-state index in [1.807, 2.05) is 0 Å². The van der Waals surface area contributed by atoms with Gasteiger partial charge in [-0.1, -0.05) is 28.1 Å². The summed E-state index contributed by atoms with van der Waals surface area (Å²) in [5, 5.41) is 0. The predicted molar refractivity (Wildman–Crippen MR) is 63.6 cm³/mol. The van der Waals surface area contributed by atoms with Crippen molar-refractivity contribution in [3.05, 3.63) is 34.3 Å². The lowest BCUT2D eigenvalue weighted by molar-refractivity contribution is 0.251. The van der Waals surface area contributed by atoms with Crippen LogP contribution in [0.4, 0.5) is 0 Å². The first-order valence-electron chi connectivity index (χ1n) is 5.20. The minimum absolute atomic E-state index is 0.738. The zero-order chi connectivity index (χ0) is 9.97. The van der Waals surface area contributed by atoms with Gasteiger partial charge < -0.3 is 4.90 Å². The summed E-state index contributed by atoms with van der Waals surface area (Å²) in [6.07, 6.45) is 2.67. The summed E-state index contributed by atoms with van der Waals surface area (Å²) in [4.78, 5) is 2.43. The zero-order valence-electron chi connectivity index (χ0n) is 8.54. The van der Waals surface area contributed by atoms with Crippen LogP contribution in [-0.4, -0.2) is 25.0 Å². The van der Waals surface area contributed by atoms with Crippen molar-refractivity contribution in [2.45, 2.75) is 18.8 Å². The van der Waals surface area contributed by atoms with E-state index in [4.69, 9.17) is 0 Å². The first kappa shape index (κ1) is 10.2. The van der Waals surface area contributed by atoms with E-state index < -0.39 is 0 Å². The highest BCUT2D eigenvalue weighted by atomic mass is 79.9. The quantitative estimate of drug-likeness (QED) is 0.743. The fourth-order valence-electron chi connectivity index (χ4n) is 2.17. The number of benzene rings is 1. The third-order valence-electron chi connectivity index (χ3n) is 2.97. The Kier molecular flexibility index (Phi) is 3.24. The van der Waals surface area contributed by atoms with Gasteiger partial charge in [0.15, 0.2) is 0 Å². The van der Waals surface area contributed by atoms with Gasteiger partial charge in [-0.3, -0.25) is 0 Å². The molecule has 0 bridgehead atoms. The standard InChI is InChI=1S/C12H16BrN/c1-14-8-2-3-11(9-14)10-4-6-12(13)7-5-10/h4-7,11H,2-3,8-9H2,1H3. The van der Waals surface area contributed by atoms with E-state index in [2.05, 4.69) is 52.1 Å². The lowest BCUT2D eigenvalue weighted by Crippen LogP contribution is -2.30. The fourth-order valence-corrected chi connectivity index (χ4v) is 2.44. The summed E-state index contributed by atoms with van der Waals surface area (Å²) < 4.78 is 1.17. The third-order valence-corrected chi connectivity index (χ3v) is 3.49. The molecule has 1 saturated heterocycles. The second kappa shape index (κ2) is 4.45. The van der Waals surface area contributed by atoms with Crippen LogP contribution >= 0.6 is 15.9 Å². The molecular weight excluding hydrogens is 238 g/mol. The van der Waals surface area contributed by atoms with Gasteiger partial charge in [0.2, 0.25) is 0 Å². The largest absolute Gasteiger partial charge is 0.306 e. The van der Waals surface area contributed by atoms with Gasteiger partial charge >= 0.3 is 0 Å². The van der Waals surface area contributed by atoms with E-state index in [0.29, 0.717) is 0 Å². The molecule has 0 saturated carbocycles. The Morgan fingerprint density at radius 3 is 2.64 bits per heavy atom. The number of halogens is 1. The van der Waals surface area contributed by atoms with Crippen LogP contribution in [0.25, 0.3) is 0 Å². The number of hydrogen-bond donors (Lipinski definition) is 0. The molecule has 0 spiro atoms. The van der Waals surface area contributed by atoms with Crippen molar-refractivity contribution in [3.63, 3.8) is 0 Å². The average Bonchev–Trinajstić information content (AvgIpc) is 2.19. The van der Waals surface area contributed by atoms with Crippen LogP contribution in [0.15, 0.2) is 28.7 Å². The molecule has 1 aromatic rings. The highest BCUT2D eigenvalue weighted by Crippen LogP contribution is 2.26. The molecule has 1 nitrogen and oxygen atoms in total. The molecule has 1 heterocycles. The topological polar surface area (TPSA) is 3.24 Å². The van der Waals surface area contributed by atoms with Gasteiger partial charge in [-0.2, -0.15) is 0 Å². The molecule has 0 aliphatic carbocycles. The Balaban J connectivity index is 2.10. The summed E-state index contributed by atoms with van der Waals surface area (Å²) in [7, 11) is 2.21. The van der Waals surface area contributed by atoms with Crippen molar-refractivity contribution in [1.82, 2.24) is 4.90 Å². The Hall–Kier alpha value is -0.340. The molecule has 1 unspecified atom stereocenters. The van der Waals surface area contributed by atoms with E-state index in [0.717, 1.165) is 5.92 Å². The van der Waals surface area contributed by atoms with Crippen molar-refractivity contribution < 1.29 is 0 Å². The highest BCUT2D eigenvalue weighted by Gasteiger charge is 2.18. The molecule has 76 valence electrons. The third kappa shape index (κ3) is 2.37. The van der Waals surface area contributed by atoms with Gasteiger partial charge in [0, 0.05) is 11.0 Å². The lowest BCUT2D eigenvalue weighted by Gasteiger charge is -2.29. The molecule has 1 aromatic carbocycles. The maximum atomic E-state index is 3.47. The summed E-state index contributed by atoms with van der Waals surface area (Å²) in [5.74, 6) is 0.738. The number of rotatable bonds is 1. The van der Waals surface area contributed by atoms with Crippen molar-refractivity contribution in [3.8, 4) is 0 Å². The molecule has 0 N–H and O–H groups in total. The van der Waals surface area contributed by atoms with E-state index in [1.54, 1.807) is 0 Å². The number of hydrogen-bond acceptors (Lipinski definition) is 1. The van der Waals surface area contributed by atoms with Crippen molar-refractivity contribution in [1.29, 1.82) is 0 Å². The molecular formula is C12H16BrN. The number of nitrogens with zero attached hydrogens (tertiary/aromatic N) is 1. The molecule has 14 heavy (non-hydrogen) atoms. The van der Waals surface area contributed by atoms with Crippen molar-refractivity contribution in [2.24, 2.45) is 0 Å². The second-order valence-electron chi connectivity index (χ2n) is 4.15. The normalized spacial score (nSPS) is 23.7. The smallest absolute Gasteiger partial charge is 0.0175 e. The van der Waals surface area contributed by atoms with Gasteiger partial charge in [-0.25, -0.2) is 0 Å². The maximum absolute atomic E-state index is 3.47. The van der Waals surface area contributed by atoms with Crippen molar-refractivity contribution in [2.75, 3.05) is 20.1 Å². The van der Waals surface area contributed by atoms with E-state index in [1.165, 1.54) is 36.0 Å². The van der Waals surface area contributed by atoms with Gasteiger partial charge in [-0.15, -0.1) is 0 Å². The first-order valence-corrected chi connectivity index (χ1v) is 5.99. The van der Waals surface area contributed by atoms with Gasteiger partial charge in [0.1, 0.15) is 0 Å². The van der Waals surface area contributed by atoms with Crippen LogP contribution < -0.4 is 0 Å². The maximum Gasteiger partial charge on any atom is 0.0175 e. The Morgan fingerprint density at radius 1 is 1.29 bits per heavy atom. The predicted octanol–water partition coefficient (Wildman–Crippen LogP) is 3.26.